The summed E-state index contributed by atoms with van der Waals surface area (Å²) in [6.45, 7) is 6.78. The van der Waals surface area contributed by atoms with Crippen LogP contribution in [0.15, 0.2) is 29.3 Å². The van der Waals surface area contributed by atoms with Crippen molar-refractivity contribution in [2.75, 3.05) is 33.4 Å². The van der Waals surface area contributed by atoms with Gasteiger partial charge < -0.3 is 20.1 Å². The van der Waals surface area contributed by atoms with E-state index in [4.69, 9.17) is 4.74 Å². The van der Waals surface area contributed by atoms with Gasteiger partial charge in [0.2, 0.25) is 0 Å². The van der Waals surface area contributed by atoms with Gasteiger partial charge in [-0.1, -0.05) is 17.7 Å². The van der Waals surface area contributed by atoms with Gasteiger partial charge in [-0.15, -0.1) is 0 Å². The van der Waals surface area contributed by atoms with Crippen molar-refractivity contribution in [2.45, 2.75) is 33.1 Å². The van der Waals surface area contributed by atoms with Crippen molar-refractivity contribution in [1.82, 2.24) is 10.6 Å². The number of carbonyl (C=O) groups is 1. The van der Waals surface area contributed by atoms with Gasteiger partial charge in [0.25, 0.3) is 0 Å². The highest BCUT2D eigenvalue weighted by Crippen LogP contribution is 2.10. The third-order valence-corrected chi connectivity index (χ3v) is 3.32. The number of benzene rings is 1. The van der Waals surface area contributed by atoms with E-state index in [1.165, 1.54) is 12.7 Å². The summed E-state index contributed by atoms with van der Waals surface area (Å²) in [6.07, 6.45) is 2.08. The van der Waals surface area contributed by atoms with Crippen LogP contribution in [0.1, 0.15) is 31.7 Å². The molecule has 0 aliphatic carbocycles. The van der Waals surface area contributed by atoms with E-state index in [9.17, 15) is 4.79 Å². The fourth-order valence-corrected chi connectivity index (χ4v) is 1.99. The molecule has 24 heavy (non-hydrogen) atoms. The second-order valence-electron chi connectivity index (χ2n) is 5.38. The van der Waals surface area contributed by atoms with Crippen LogP contribution in [0.2, 0.25) is 0 Å². The van der Waals surface area contributed by atoms with Crippen LogP contribution in [0.5, 0.6) is 5.75 Å². The van der Waals surface area contributed by atoms with Crippen LogP contribution in [-0.4, -0.2) is 45.3 Å². The van der Waals surface area contributed by atoms with Gasteiger partial charge in [0.15, 0.2) is 5.96 Å². The van der Waals surface area contributed by atoms with Gasteiger partial charge in [0.1, 0.15) is 12.4 Å². The quantitative estimate of drug-likeness (QED) is 0.297. The van der Waals surface area contributed by atoms with Crippen molar-refractivity contribution >= 4 is 11.9 Å². The highest BCUT2D eigenvalue weighted by molar-refractivity contribution is 5.79. The molecule has 0 aliphatic rings. The van der Waals surface area contributed by atoms with Crippen LogP contribution in [0, 0.1) is 6.92 Å². The summed E-state index contributed by atoms with van der Waals surface area (Å²) in [4.78, 5) is 15.5. The minimum Gasteiger partial charge on any atom is -0.492 e. The number of esters is 1. The lowest BCUT2D eigenvalue weighted by atomic mass is 10.2. The molecule has 0 radical (unpaired) electrons. The number of nitrogens with one attached hydrogen (secondary N) is 2. The first-order valence-corrected chi connectivity index (χ1v) is 8.44. The molecule has 6 nitrogen and oxygen atoms in total. The second kappa shape index (κ2) is 12.2. The molecule has 0 unspecified atom stereocenters. The summed E-state index contributed by atoms with van der Waals surface area (Å²) in [5.41, 5.74) is 1.22. The van der Waals surface area contributed by atoms with Crippen LogP contribution in [0.4, 0.5) is 0 Å². The van der Waals surface area contributed by atoms with E-state index in [1.54, 1.807) is 0 Å². The summed E-state index contributed by atoms with van der Waals surface area (Å²) in [6, 6.07) is 8.00. The molecule has 0 fully saturated rings. The van der Waals surface area contributed by atoms with Gasteiger partial charge in [0, 0.05) is 19.5 Å². The third-order valence-electron chi connectivity index (χ3n) is 3.32. The molecule has 0 saturated carbocycles. The van der Waals surface area contributed by atoms with Crippen LogP contribution < -0.4 is 15.4 Å². The Morgan fingerprint density at radius 3 is 2.58 bits per heavy atom. The van der Waals surface area contributed by atoms with Crippen molar-refractivity contribution in [3.05, 3.63) is 29.8 Å². The molecule has 0 heterocycles. The second-order valence-corrected chi connectivity index (χ2v) is 5.38. The largest absolute Gasteiger partial charge is 0.492 e. The van der Waals surface area contributed by atoms with Crippen molar-refractivity contribution in [1.29, 1.82) is 0 Å². The molecule has 1 aromatic rings. The molecule has 1 rings (SSSR count). The Bertz CT molecular complexity index is 501. The zero-order valence-electron chi connectivity index (χ0n) is 14.9. The first-order chi connectivity index (χ1) is 11.7. The van der Waals surface area contributed by atoms with Crippen molar-refractivity contribution in [2.24, 2.45) is 4.99 Å². The fraction of sp³-hybridized carbons (Fsp3) is 0.556. The number of aliphatic imine (C=N–C) groups is 1. The first-order valence-electron chi connectivity index (χ1n) is 8.44. The molecule has 0 saturated heterocycles. The summed E-state index contributed by atoms with van der Waals surface area (Å²) >= 11 is 0. The maximum absolute atomic E-state index is 11.0. The van der Waals surface area contributed by atoms with E-state index >= 15 is 0 Å². The average Bonchev–Trinajstić information content (AvgIpc) is 2.59. The number of methoxy groups -OCH3 is 1. The number of carbonyl (C=O) groups excluding carboxylic acids is 1. The Hall–Kier alpha value is -2.24. The maximum Gasteiger partial charge on any atom is 0.305 e. The van der Waals surface area contributed by atoms with Gasteiger partial charge in [-0.25, -0.2) is 0 Å². The molecular weight excluding hydrogens is 306 g/mol. The van der Waals surface area contributed by atoms with E-state index in [1.807, 2.05) is 31.2 Å². The molecule has 2 N–H and O–H groups in total. The topological polar surface area (TPSA) is 72.0 Å². The maximum atomic E-state index is 11.0. The third kappa shape index (κ3) is 9.02. The van der Waals surface area contributed by atoms with Gasteiger partial charge in [-0.2, -0.15) is 0 Å². The highest BCUT2D eigenvalue weighted by Gasteiger charge is 2.00. The normalized spacial score (nSPS) is 11.0. The van der Waals surface area contributed by atoms with Gasteiger partial charge >= 0.3 is 5.97 Å². The monoisotopic (exact) mass is 335 g/mol. The van der Waals surface area contributed by atoms with Crippen LogP contribution in [-0.2, 0) is 9.53 Å². The number of nitrogens with zero attached hydrogens (tertiary/aromatic N) is 1. The number of rotatable bonds is 10. The Morgan fingerprint density at radius 1 is 1.17 bits per heavy atom. The number of hydrogen-bond donors (Lipinski definition) is 2. The molecule has 0 spiro atoms. The number of hydrogen-bond acceptors (Lipinski definition) is 4. The summed E-state index contributed by atoms with van der Waals surface area (Å²) in [7, 11) is 1.41. The number of aryl methyl sites for hydroxylation is 1. The fourth-order valence-electron chi connectivity index (χ4n) is 1.99. The van der Waals surface area contributed by atoms with E-state index in [0.717, 1.165) is 31.1 Å². The van der Waals surface area contributed by atoms with E-state index < -0.39 is 0 Å². The Kier molecular flexibility index (Phi) is 10.1. The molecule has 6 heteroatoms. The predicted octanol–water partition coefficient (Wildman–Crippen LogP) is 2.27. The molecule has 0 atom stereocenters. The smallest absolute Gasteiger partial charge is 0.305 e. The summed E-state index contributed by atoms with van der Waals surface area (Å²) in [5.74, 6) is 1.47. The predicted molar refractivity (Wildman–Crippen MR) is 96.5 cm³/mol. The van der Waals surface area contributed by atoms with Gasteiger partial charge in [0.05, 0.1) is 13.7 Å². The van der Waals surface area contributed by atoms with Crippen molar-refractivity contribution < 1.29 is 14.3 Å². The van der Waals surface area contributed by atoms with Crippen LogP contribution >= 0.6 is 0 Å². The molecule has 1 aromatic carbocycles. The summed E-state index contributed by atoms with van der Waals surface area (Å²) in [5, 5.41) is 6.43. The number of unbranched alkanes of at least 4 members (excludes halogenated alkanes) is 1. The summed E-state index contributed by atoms with van der Waals surface area (Å²) < 4.78 is 10.3. The van der Waals surface area contributed by atoms with Crippen LogP contribution in [0.25, 0.3) is 0 Å². The zero-order chi connectivity index (χ0) is 17.6. The lowest BCUT2D eigenvalue weighted by Gasteiger charge is -2.12. The molecule has 0 bridgehead atoms. The van der Waals surface area contributed by atoms with Crippen LogP contribution in [0.3, 0.4) is 0 Å². The molecule has 0 amide bonds. The zero-order valence-corrected chi connectivity index (χ0v) is 14.9. The number of guanidine groups is 1. The van der Waals surface area contributed by atoms with E-state index in [-0.39, 0.29) is 5.97 Å². The molecule has 0 aliphatic heterocycles. The van der Waals surface area contributed by atoms with E-state index in [0.29, 0.717) is 26.1 Å². The average molecular weight is 335 g/mol. The Morgan fingerprint density at radius 2 is 1.92 bits per heavy atom. The van der Waals surface area contributed by atoms with Gasteiger partial charge in [-0.3, -0.25) is 9.79 Å². The standard InChI is InChI=1S/C18H29N3O3/c1-4-19-18(20-12-6-5-7-17(22)23-3)21-13-14-24-16-10-8-15(2)9-11-16/h8-11H,4-7,12-14H2,1-3H3,(H2,19,20,21). The van der Waals surface area contributed by atoms with E-state index in [2.05, 4.69) is 27.3 Å². The molecular formula is C18H29N3O3. The lowest BCUT2D eigenvalue weighted by molar-refractivity contribution is -0.140. The Balaban J connectivity index is 2.22. The van der Waals surface area contributed by atoms with Gasteiger partial charge in [-0.05, 0) is 38.8 Å². The number of ether oxygens (including phenoxy) is 2. The van der Waals surface area contributed by atoms with Crippen molar-refractivity contribution in [3.63, 3.8) is 0 Å². The highest BCUT2D eigenvalue weighted by atomic mass is 16.5. The first kappa shape index (κ1) is 19.8. The molecule has 0 aromatic heterocycles. The minimum absolute atomic E-state index is 0.169. The SMILES string of the molecule is CCNC(=NCCCCC(=O)OC)NCCOc1ccc(C)cc1. The Labute approximate surface area is 144 Å². The lowest BCUT2D eigenvalue weighted by Crippen LogP contribution is -2.39. The van der Waals surface area contributed by atoms with Crippen molar-refractivity contribution in [3.8, 4) is 5.75 Å². The molecule has 134 valence electrons. The minimum atomic E-state index is -0.169.